The molecule has 0 aliphatic rings. The summed E-state index contributed by atoms with van der Waals surface area (Å²) in [5.41, 5.74) is 10.9. The summed E-state index contributed by atoms with van der Waals surface area (Å²) in [5, 5.41) is 6.86. The number of nitrogens with two attached hydrogens (primary N) is 1. The van der Waals surface area contributed by atoms with Gasteiger partial charge in [-0.25, -0.2) is 0 Å². The number of aromatic amines is 1. The lowest BCUT2D eigenvalue weighted by Crippen LogP contribution is -2.00. The number of methoxy groups -OCH3 is 1. The molecule has 0 saturated carbocycles. The first-order chi connectivity index (χ1) is 12.2. The highest BCUT2D eigenvalue weighted by Gasteiger charge is 2.14. The molecule has 5 heteroatoms. The Hall–Kier alpha value is -2.92. The van der Waals surface area contributed by atoms with Crippen molar-refractivity contribution < 1.29 is 4.74 Å². The molecule has 1 heterocycles. The quantitative estimate of drug-likeness (QED) is 0.671. The molecule has 0 bridgehead atoms. The van der Waals surface area contributed by atoms with Gasteiger partial charge in [0.05, 0.1) is 19.0 Å². The van der Waals surface area contributed by atoms with Crippen molar-refractivity contribution in [2.45, 2.75) is 12.8 Å². The maximum absolute atomic E-state index is 5.60. The monoisotopic (exact) mass is 334 g/mol. The summed E-state index contributed by atoms with van der Waals surface area (Å²) >= 11 is 0. The van der Waals surface area contributed by atoms with E-state index in [0.29, 0.717) is 6.54 Å². The van der Waals surface area contributed by atoms with Gasteiger partial charge < -0.3 is 10.5 Å². The van der Waals surface area contributed by atoms with Crippen LogP contribution in [0.2, 0.25) is 0 Å². The van der Waals surface area contributed by atoms with Crippen molar-refractivity contribution in [3.05, 3.63) is 66.0 Å². The first-order valence-corrected chi connectivity index (χ1v) is 8.22. The molecule has 0 fully saturated rings. The van der Waals surface area contributed by atoms with Gasteiger partial charge in [0.2, 0.25) is 0 Å². The Morgan fingerprint density at radius 2 is 2.12 bits per heavy atom. The van der Waals surface area contributed by atoms with E-state index in [-0.39, 0.29) is 5.92 Å². The van der Waals surface area contributed by atoms with E-state index in [0.717, 1.165) is 28.1 Å². The van der Waals surface area contributed by atoms with E-state index in [2.05, 4.69) is 52.4 Å². The van der Waals surface area contributed by atoms with Gasteiger partial charge in [-0.3, -0.25) is 10.1 Å². The molecule has 25 heavy (non-hydrogen) atoms. The predicted octanol–water partition coefficient (Wildman–Crippen LogP) is 3.90. The fraction of sp³-hybridized carbons (Fsp3) is 0.200. The van der Waals surface area contributed by atoms with E-state index in [4.69, 9.17) is 10.5 Å². The number of hydrogen-bond acceptors (Lipinski definition) is 4. The van der Waals surface area contributed by atoms with Gasteiger partial charge >= 0.3 is 0 Å². The molecule has 1 atom stereocenters. The van der Waals surface area contributed by atoms with Crippen LogP contribution in [0.25, 0.3) is 11.1 Å². The van der Waals surface area contributed by atoms with E-state index in [1.54, 1.807) is 19.5 Å². The third kappa shape index (κ3) is 3.78. The molecule has 3 rings (SSSR count). The normalized spacial score (nSPS) is 12.4. The molecule has 1 unspecified atom stereocenters. The van der Waals surface area contributed by atoms with E-state index in [1.165, 1.54) is 5.56 Å². The highest BCUT2D eigenvalue weighted by atomic mass is 16.5. The van der Waals surface area contributed by atoms with Crippen molar-refractivity contribution in [2.24, 2.45) is 10.7 Å². The zero-order chi connectivity index (χ0) is 17.6. The van der Waals surface area contributed by atoms with Crippen LogP contribution in [-0.2, 0) is 0 Å². The van der Waals surface area contributed by atoms with Crippen molar-refractivity contribution in [3.8, 4) is 16.9 Å². The Balaban J connectivity index is 2.03. The number of aliphatic imine (C=N–C) groups is 1. The molecule has 1 aromatic heterocycles. The van der Waals surface area contributed by atoms with Crippen LogP contribution < -0.4 is 10.5 Å². The van der Waals surface area contributed by atoms with E-state index in [1.807, 2.05) is 18.3 Å². The third-order valence-electron chi connectivity index (χ3n) is 4.26. The summed E-state index contributed by atoms with van der Waals surface area (Å²) in [5.74, 6) is 1.03. The van der Waals surface area contributed by atoms with Crippen LogP contribution in [0.15, 0.2) is 59.9 Å². The standard InChI is InChI=1S/C20H22N4O/c1-14(15-4-3-5-18(10-15)25-2)19-7-6-16(17-12-23-24-13-17)11-20(19)22-9-8-21/h3-7,9-14H,8,21H2,1-2H3,(H,23,24)/b22-9-. The van der Waals surface area contributed by atoms with E-state index < -0.39 is 0 Å². The van der Waals surface area contributed by atoms with Crippen molar-refractivity contribution >= 4 is 11.9 Å². The molecule has 2 aromatic carbocycles. The average molecular weight is 334 g/mol. The van der Waals surface area contributed by atoms with Gasteiger partial charge in [-0.15, -0.1) is 0 Å². The Morgan fingerprint density at radius 3 is 2.84 bits per heavy atom. The predicted molar refractivity (Wildman–Crippen MR) is 102 cm³/mol. The van der Waals surface area contributed by atoms with Gasteiger partial charge in [-0.05, 0) is 34.9 Å². The van der Waals surface area contributed by atoms with Gasteiger partial charge in [-0.2, -0.15) is 5.10 Å². The number of rotatable bonds is 6. The van der Waals surface area contributed by atoms with Gasteiger partial charge in [0.25, 0.3) is 0 Å². The lowest BCUT2D eigenvalue weighted by molar-refractivity contribution is 0.414. The van der Waals surface area contributed by atoms with E-state index >= 15 is 0 Å². The van der Waals surface area contributed by atoms with Crippen LogP contribution in [0, 0.1) is 0 Å². The van der Waals surface area contributed by atoms with Crippen molar-refractivity contribution in [2.75, 3.05) is 13.7 Å². The summed E-state index contributed by atoms with van der Waals surface area (Å²) in [6.45, 7) is 2.58. The van der Waals surface area contributed by atoms with Crippen LogP contribution >= 0.6 is 0 Å². The SMILES string of the molecule is COc1cccc(C(C)c2ccc(-c3cn[nH]c3)cc2/N=C\CN)c1. The molecule has 0 aliphatic carbocycles. The van der Waals surface area contributed by atoms with Crippen LogP contribution in [0.1, 0.15) is 24.0 Å². The molecule has 128 valence electrons. The number of aromatic nitrogens is 2. The lowest BCUT2D eigenvalue weighted by Gasteiger charge is -2.17. The zero-order valence-electron chi connectivity index (χ0n) is 14.4. The largest absolute Gasteiger partial charge is 0.497 e. The summed E-state index contributed by atoms with van der Waals surface area (Å²) < 4.78 is 5.35. The first kappa shape index (κ1) is 16.9. The average Bonchev–Trinajstić information content (AvgIpc) is 3.20. The zero-order valence-corrected chi connectivity index (χ0v) is 14.4. The summed E-state index contributed by atoms with van der Waals surface area (Å²) in [6, 6.07) is 14.4. The minimum atomic E-state index is 0.179. The smallest absolute Gasteiger partial charge is 0.119 e. The lowest BCUT2D eigenvalue weighted by atomic mass is 9.90. The third-order valence-corrected chi connectivity index (χ3v) is 4.26. The van der Waals surface area contributed by atoms with Gasteiger partial charge in [0.1, 0.15) is 5.75 Å². The topological polar surface area (TPSA) is 76.3 Å². The fourth-order valence-electron chi connectivity index (χ4n) is 2.85. The molecule has 0 amide bonds. The number of benzene rings is 2. The number of H-pyrrole nitrogens is 1. The highest BCUT2D eigenvalue weighted by molar-refractivity contribution is 5.73. The molecular weight excluding hydrogens is 312 g/mol. The summed E-state index contributed by atoms with van der Waals surface area (Å²) in [4.78, 5) is 4.57. The van der Waals surface area contributed by atoms with E-state index in [9.17, 15) is 0 Å². The molecule has 0 spiro atoms. The molecule has 0 radical (unpaired) electrons. The van der Waals surface area contributed by atoms with Crippen molar-refractivity contribution in [1.82, 2.24) is 10.2 Å². The second kappa shape index (κ2) is 7.77. The van der Waals surface area contributed by atoms with Gasteiger partial charge in [0, 0.05) is 30.4 Å². The summed E-state index contributed by atoms with van der Waals surface area (Å²) in [6.07, 6.45) is 5.41. The van der Waals surface area contributed by atoms with Gasteiger partial charge in [0.15, 0.2) is 0 Å². The molecule has 3 aromatic rings. The highest BCUT2D eigenvalue weighted by Crippen LogP contribution is 2.35. The maximum atomic E-state index is 5.60. The van der Waals surface area contributed by atoms with Crippen LogP contribution in [0.3, 0.4) is 0 Å². The minimum Gasteiger partial charge on any atom is -0.497 e. The van der Waals surface area contributed by atoms with Crippen LogP contribution in [0.4, 0.5) is 5.69 Å². The Bertz CT molecular complexity index is 856. The van der Waals surface area contributed by atoms with Gasteiger partial charge in [-0.1, -0.05) is 31.2 Å². The molecular formula is C20H22N4O. The number of hydrogen-bond donors (Lipinski definition) is 2. The van der Waals surface area contributed by atoms with Crippen LogP contribution in [-0.4, -0.2) is 30.1 Å². The van der Waals surface area contributed by atoms with Crippen molar-refractivity contribution in [3.63, 3.8) is 0 Å². The van der Waals surface area contributed by atoms with Crippen LogP contribution in [0.5, 0.6) is 5.75 Å². The Labute approximate surface area is 147 Å². The second-order valence-electron chi connectivity index (χ2n) is 5.81. The maximum Gasteiger partial charge on any atom is 0.119 e. The first-order valence-electron chi connectivity index (χ1n) is 8.22. The molecule has 5 nitrogen and oxygen atoms in total. The fourth-order valence-corrected chi connectivity index (χ4v) is 2.85. The molecule has 0 saturated heterocycles. The Kier molecular flexibility index (Phi) is 5.26. The van der Waals surface area contributed by atoms with Crippen molar-refractivity contribution in [1.29, 1.82) is 0 Å². The number of ether oxygens (including phenoxy) is 1. The summed E-state index contributed by atoms with van der Waals surface area (Å²) in [7, 11) is 1.68. The molecule has 0 aliphatic heterocycles. The minimum absolute atomic E-state index is 0.179. The molecule has 3 N–H and O–H groups in total. The Morgan fingerprint density at radius 1 is 1.24 bits per heavy atom. The number of nitrogens with zero attached hydrogens (tertiary/aromatic N) is 2. The number of nitrogens with one attached hydrogen (secondary N) is 1. The second-order valence-corrected chi connectivity index (χ2v) is 5.81.